The van der Waals surface area contributed by atoms with Gasteiger partial charge in [-0.2, -0.15) is 0 Å². The van der Waals surface area contributed by atoms with Gasteiger partial charge in [-0.15, -0.1) is 0 Å². The van der Waals surface area contributed by atoms with Gasteiger partial charge in [0.05, 0.1) is 6.26 Å². The minimum Gasteiger partial charge on any atom is -0.489 e. The molecule has 2 amide bonds. The Hall–Kier alpha value is -2.96. The maximum absolute atomic E-state index is 12.5. The number of urea groups is 1. The fourth-order valence-corrected chi connectivity index (χ4v) is 3.23. The fourth-order valence-electron chi connectivity index (χ4n) is 3.23. The number of ether oxygens (including phenoxy) is 2. The second-order valence-corrected chi connectivity index (χ2v) is 6.76. The van der Waals surface area contributed by atoms with Gasteiger partial charge in [0.2, 0.25) is 5.76 Å². The van der Waals surface area contributed by atoms with Crippen molar-refractivity contribution in [2.75, 3.05) is 6.54 Å². The number of para-hydroxylation sites is 1. The Balaban J connectivity index is 1.47. The van der Waals surface area contributed by atoms with Gasteiger partial charge in [-0.25, -0.2) is 9.59 Å². The lowest BCUT2D eigenvalue weighted by molar-refractivity contribution is 0.0152. The smallest absolute Gasteiger partial charge is 0.374 e. The topological polar surface area (TPSA) is 89.8 Å². The van der Waals surface area contributed by atoms with Gasteiger partial charge in [-0.1, -0.05) is 18.2 Å². The van der Waals surface area contributed by atoms with Crippen LogP contribution >= 0.6 is 0 Å². The summed E-state index contributed by atoms with van der Waals surface area (Å²) in [6.45, 7) is 2.70. The predicted molar refractivity (Wildman–Crippen MR) is 103 cm³/mol. The summed E-state index contributed by atoms with van der Waals surface area (Å²) in [6, 6.07) is 11.1. The van der Waals surface area contributed by atoms with Crippen LogP contribution in [0.15, 0.2) is 47.1 Å². The van der Waals surface area contributed by atoms with Crippen LogP contribution in [0.2, 0.25) is 0 Å². The number of hydrogen-bond donors (Lipinski definition) is 2. The molecule has 0 radical (unpaired) electrons. The van der Waals surface area contributed by atoms with Crippen molar-refractivity contribution < 1.29 is 23.5 Å². The SMILES string of the molecule is CCNC(=O)NC1CCC(OC(=O)c2occc2COc2ccccc2)CC1. The first kappa shape index (κ1) is 19.8. The third-order valence-electron chi connectivity index (χ3n) is 4.69. The van der Waals surface area contributed by atoms with Crippen LogP contribution in [0.1, 0.15) is 48.7 Å². The molecule has 1 heterocycles. The molecule has 1 aliphatic rings. The van der Waals surface area contributed by atoms with Gasteiger partial charge in [-0.05, 0) is 50.8 Å². The van der Waals surface area contributed by atoms with Crippen molar-refractivity contribution in [1.82, 2.24) is 10.6 Å². The summed E-state index contributed by atoms with van der Waals surface area (Å²) in [5, 5.41) is 5.66. The number of carbonyl (C=O) groups is 2. The molecule has 2 aromatic rings. The molecule has 0 unspecified atom stereocenters. The van der Waals surface area contributed by atoms with Gasteiger partial charge in [0.15, 0.2) is 0 Å². The Labute approximate surface area is 164 Å². The van der Waals surface area contributed by atoms with Crippen molar-refractivity contribution in [1.29, 1.82) is 0 Å². The molecule has 1 aliphatic carbocycles. The lowest BCUT2D eigenvalue weighted by Crippen LogP contribution is -2.44. The zero-order chi connectivity index (χ0) is 19.8. The van der Waals surface area contributed by atoms with Gasteiger partial charge in [0.25, 0.3) is 0 Å². The number of esters is 1. The maximum Gasteiger partial charge on any atom is 0.374 e. The molecule has 150 valence electrons. The average molecular weight is 386 g/mol. The summed E-state index contributed by atoms with van der Waals surface area (Å²) >= 11 is 0. The Kier molecular flexibility index (Phi) is 6.94. The van der Waals surface area contributed by atoms with Crippen LogP contribution in [0.4, 0.5) is 4.79 Å². The highest BCUT2D eigenvalue weighted by atomic mass is 16.6. The summed E-state index contributed by atoms with van der Waals surface area (Å²) in [7, 11) is 0. The number of rotatable bonds is 7. The molecule has 0 bridgehead atoms. The van der Waals surface area contributed by atoms with Gasteiger partial charge < -0.3 is 24.5 Å². The second kappa shape index (κ2) is 9.82. The van der Waals surface area contributed by atoms with E-state index in [0.717, 1.165) is 18.6 Å². The molecule has 1 aromatic heterocycles. The van der Waals surface area contributed by atoms with E-state index in [1.54, 1.807) is 6.07 Å². The summed E-state index contributed by atoms with van der Waals surface area (Å²) in [5.41, 5.74) is 0.653. The van der Waals surface area contributed by atoms with Crippen molar-refractivity contribution in [3.8, 4) is 5.75 Å². The molecule has 1 fully saturated rings. The van der Waals surface area contributed by atoms with E-state index in [4.69, 9.17) is 13.9 Å². The maximum atomic E-state index is 12.5. The number of nitrogens with one attached hydrogen (secondary N) is 2. The molecule has 3 rings (SSSR count). The summed E-state index contributed by atoms with van der Waals surface area (Å²) in [4.78, 5) is 24.1. The quantitative estimate of drug-likeness (QED) is 0.709. The van der Waals surface area contributed by atoms with E-state index in [1.165, 1.54) is 6.26 Å². The first-order valence-corrected chi connectivity index (χ1v) is 9.65. The van der Waals surface area contributed by atoms with Crippen LogP contribution in [0.25, 0.3) is 0 Å². The van der Waals surface area contributed by atoms with Gasteiger partial charge in [-0.3, -0.25) is 0 Å². The normalized spacial score (nSPS) is 18.9. The molecule has 7 heteroatoms. The van der Waals surface area contributed by atoms with Crippen LogP contribution in [0.5, 0.6) is 5.75 Å². The van der Waals surface area contributed by atoms with E-state index in [0.29, 0.717) is 24.9 Å². The molecule has 7 nitrogen and oxygen atoms in total. The highest BCUT2D eigenvalue weighted by Gasteiger charge is 2.27. The van der Waals surface area contributed by atoms with Crippen molar-refractivity contribution in [2.24, 2.45) is 0 Å². The van der Waals surface area contributed by atoms with Crippen molar-refractivity contribution in [3.63, 3.8) is 0 Å². The lowest BCUT2D eigenvalue weighted by atomic mass is 9.93. The molecule has 1 aromatic carbocycles. The van der Waals surface area contributed by atoms with Crippen molar-refractivity contribution in [2.45, 2.75) is 51.4 Å². The van der Waals surface area contributed by atoms with Crippen LogP contribution < -0.4 is 15.4 Å². The summed E-state index contributed by atoms with van der Waals surface area (Å²) in [5.74, 6) is 0.427. The second-order valence-electron chi connectivity index (χ2n) is 6.76. The zero-order valence-electron chi connectivity index (χ0n) is 16.0. The third kappa shape index (κ3) is 5.52. The Bertz CT molecular complexity index is 766. The van der Waals surface area contributed by atoms with E-state index in [1.807, 2.05) is 37.3 Å². The zero-order valence-corrected chi connectivity index (χ0v) is 16.0. The minimum atomic E-state index is -0.475. The van der Waals surface area contributed by atoms with Crippen LogP contribution in [0.3, 0.4) is 0 Å². The average Bonchev–Trinajstić information content (AvgIpc) is 3.18. The van der Waals surface area contributed by atoms with Crippen LogP contribution in [-0.2, 0) is 11.3 Å². The number of benzene rings is 1. The highest BCUT2D eigenvalue weighted by Crippen LogP contribution is 2.24. The minimum absolute atomic E-state index is 0.111. The largest absolute Gasteiger partial charge is 0.489 e. The fraction of sp³-hybridized carbons (Fsp3) is 0.429. The van der Waals surface area contributed by atoms with Gasteiger partial charge in [0, 0.05) is 18.2 Å². The molecular formula is C21H26N2O5. The molecule has 1 saturated carbocycles. The highest BCUT2D eigenvalue weighted by molar-refractivity contribution is 5.88. The van der Waals surface area contributed by atoms with E-state index in [9.17, 15) is 9.59 Å². The molecule has 28 heavy (non-hydrogen) atoms. The van der Waals surface area contributed by atoms with Crippen LogP contribution in [-0.4, -0.2) is 30.7 Å². The number of amides is 2. The first-order valence-electron chi connectivity index (χ1n) is 9.65. The lowest BCUT2D eigenvalue weighted by Gasteiger charge is -2.28. The van der Waals surface area contributed by atoms with Gasteiger partial charge in [0.1, 0.15) is 18.5 Å². The number of furan rings is 1. The van der Waals surface area contributed by atoms with Crippen LogP contribution in [0, 0.1) is 0 Å². The Morgan fingerprint density at radius 1 is 1.11 bits per heavy atom. The van der Waals surface area contributed by atoms with E-state index < -0.39 is 5.97 Å². The molecule has 0 spiro atoms. The number of carbonyl (C=O) groups excluding carboxylic acids is 2. The van der Waals surface area contributed by atoms with E-state index in [-0.39, 0.29) is 30.5 Å². The monoisotopic (exact) mass is 386 g/mol. The molecule has 2 N–H and O–H groups in total. The first-order chi connectivity index (χ1) is 13.7. The number of hydrogen-bond acceptors (Lipinski definition) is 5. The predicted octanol–water partition coefficient (Wildman–Crippen LogP) is 3.65. The third-order valence-corrected chi connectivity index (χ3v) is 4.69. The molecule has 0 saturated heterocycles. The summed E-state index contributed by atoms with van der Waals surface area (Å²) < 4.78 is 16.6. The van der Waals surface area contributed by atoms with E-state index in [2.05, 4.69) is 10.6 Å². The standard InChI is InChI=1S/C21H26N2O5/c1-2-22-21(25)23-16-8-10-18(11-9-16)28-20(24)19-15(12-13-26-19)14-27-17-6-4-3-5-7-17/h3-7,12-13,16,18H,2,8-11,14H2,1H3,(H2,22,23,25). The van der Waals surface area contributed by atoms with E-state index >= 15 is 0 Å². The molecule has 0 aliphatic heterocycles. The molecular weight excluding hydrogens is 360 g/mol. The Morgan fingerprint density at radius 2 is 1.86 bits per heavy atom. The van der Waals surface area contributed by atoms with Gasteiger partial charge >= 0.3 is 12.0 Å². The molecule has 0 atom stereocenters. The van der Waals surface area contributed by atoms with Crippen molar-refractivity contribution in [3.05, 3.63) is 54.0 Å². The Morgan fingerprint density at radius 3 is 2.57 bits per heavy atom. The summed E-state index contributed by atoms with van der Waals surface area (Å²) in [6.07, 6.45) is 4.26. The van der Waals surface area contributed by atoms with Crippen molar-refractivity contribution >= 4 is 12.0 Å².